The minimum atomic E-state index is -3.73. The van der Waals surface area contributed by atoms with Gasteiger partial charge in [-0.3, -0.25) is 10.1 Å². The van der Waals surface area contributed by atoms with Gasteiger partial charge in [-0.25, -0.2) is 13.4 Å². The Balaban J connectivity index is 1.57. The maximum absolute atomic E-state index is 13.3. The summed E-state index contributed by atoms with van der Waals surface area (Å²) >= 11 is 0.675. The predicted octanol–water partition coefficient (Wildman–Crippen LogP) is 2.23. The fraction of sp³-hybridized carbons (Fsp3) is 0.476. The normalized spacial score (nSPS) is 21.6. The lowest BCUT2D eigenvalue weighted by atomic mass is 10.1. The molecule has 0 unspecified atom stereocenters. The third-order valence-corrected chi connectivity index (χ3v) is 8.18. The van der Waals surface area contributed by atoms with E-state index in [9.17, 15) is 17.6 Å². The van der Waals surface area contributed by atoms with Crippen molar-refractivity contribution in [2.45, 2.75) is 36.3 Å². The van der Waals surface area contributed by atoms with Crippen LogP contribution in [-0.4, -0.2) is 74.9 Å². The second kappa shape index (κ2) is 10.9. The summed E-state index contributed by atoms with van der Waals surface area (Å²) in [5.74, 6) is -0.663. The lowest BCUT2D eigenvalue weighted by molar-refractivity contribution is -0.110. The van der Waals surface area contributed by atoms with Crippen molar-refractivity contribution in [2.75, 3.05) is 38.8 Å². The highest BCUT2D eigenvalue weighted by Crippen LogP contribution is 2.27. The molecule has 34 heavy (non-hydrogen) atoms. The van der Waals surface area contributed by atoms with Crippen molar-refractivity contribution in [1.29, 1.82) is 0 Å². The maximum Gasteiger partial charge on any atom is 0.280 e. The van der Waals surface area contributed by atoms with Crippen LogP contribution < -0.4 is 5.32 Å². The predicted molar refractivity (Wildman–Crippen MR) is 123 cm³/mol. The maximum atomic E-state index is 13.3. The Kier molecular flexibility index (Phi) is 7.88. The number of halogens is 1. The second-order valence-electron chi connectivity index (χ2n) is 7.85. The van der Waals surface area contributed by atoms with Crippen LogP contribution in [0.1, 0.15) is 24.8 Å². The summed E-state index contributed by atoms with van der Waals surface area (Å²) < 4.78 is 51.5. The van der Waals surface area contributed by atoms with Gasteiger partial charge in [0.2, 0.25) is 10.0 Å². The number of hydrogen-bond donors (Lipinski definition) is 1. The molecule has 0 radical (unpaired) electrons. The van der Waals surface area contributed by atoms with Crippen LogP contribution in [0, 0.1) is 5.13 Å². The molecule has 184 valence electrons. The van der Waals surface area contributed by atoms with E-state index in [4.69, 9.17) is 14.3 Å². The zero-order valence-corrected chi connectivity index (χ0v) is 20.1. The summed E-state index contributed by atoms with van der Waals surface area (Å²) in [6, 6.07) is 5.63. The van der Waals surface area contributed by atoms with Crippen LogP contribution in [-0.2, 0) is 29.1 Å². The van der Waals surface area contributed by atoms with Crippen LogP contribution in [0.4, 0.5) is 9.52 Å². The van der Waals surface area contributed by atoms with Gasteiger partial charge in [0.25, 0.3) is 5.91 Å². The van der Waals surface area contributed by atoms with Gasteiger partial charge >= 0.3 is 0 Å². The molecule has 0 aliphatic carbocycles. The largest absolute Gasteiger partial charge is 0.389 e. The lowest BCUT2D eigenvalue weighted by Gasteiger charge is -2.23. The van der Waals surface area contributed by atoms with Gasteiger partial charge in [-0.2, -0.15) is 8.70 Å². The number of nitrogens with one attached hydrogen (secondary N) is 1. The molecule has 2 aliphatic rings. The summed E-state index contributed by atoms with van der Waals surface area (Å²) in [5.41, 5.74) is 0.243. The highest BCUT2D eigenvalue weighted by molar-refractivity contribution is 7.89. The minimum absolute atomic E-state index is 0.0665. The molecule has 0 spiro atoms. The van der Waals surface area contributed by atoms with E-state index < -0.39 is 21.1 Å². The Morgan fingerprint density at radius 3 is 2.79 bits per heavy atom. The van der Waals surface area contributed by atoms with Crippen molar-refractivity contribution < 1.29 is 31.9 Å². The molecule has 2 aromatic rings. The van der Waals surface area contributed by atoms with Gasteiger partial charge < -0.3 is 14.3 Å². The van der Waals surface area contributed by atoms with Crippen molar-refractivity contribution in [3.63, 3.8) is 0 Å². The molecule has 1 aromatic carbocycles. The number of amides is 1. The van der Waals surface area contributed by atoms with Gasteiger partial charge in [0, 0.05) is 31.7 Å². The van der Waals surface area contributed by atoms with E-state index in [0.29, 0.717) is 49.7 Å². The molecule has 3 heterocycles. The molecule has 1 N–H and O–H groups in total. The van der Waals surface area contributed by atoms with Gasteiger partial charge in [0.1, 0.15) is 0 Å². The van der Waals surface area contributed by atoms with E-state index in [2.05, 4.69) is 15.5 Å². The Hall–Kier alpha value is -2.45. The van der Waals surface area contributed by atoms with Gasteiger partial charge in [0.15, 0.2) is 22.1 Å². The molecule has 2 aliphatic heterocycles. The summed E-state index contributed by atoms with van der Waals surface area (Å²) in [6.07, 6.45) is 2.83. The average molecular weight is 513 g/mol. The first-order chi connectivity index (χ1) is 16.4. The zero-order valence-electron chi connectivity index (χ0n) is 18.5. The van der Waals surface area contributed by atoms with Gasteiger partial charge in [0.05, 0.1) is 30.9 Å². The molecule has 4 rings (SSSR count). The standard InChI is InChI=1S/C21H25FN4O6S2/c1-30-12-15-3-2-9-26(15)34(28,29)17-6-4-14(5-7-17)19(25-32-16-8-10-31-13-16)20(27)24-21-23-11-18(22)33-21/h4-7,11,15-16H,2-3,8-10,12-13H2,1H3,(H,23,24,27)/t15-,16+/m0/s1. The number of carbonyl (C=O) groups excluding carboxylic acids is 1. The summed E-state index contributed by atoms with van der Waals surface area (Å²) in [5, 5.41) is 6.03. The number of rotatable bonds is 9. The summed E-state index contributed by atoms with van der Waals surface area (Å²) in [7, 11) is -2.18. The number of thiazole rings is 1. The number of oxime groups is 1. The van der Waals surface area contributed by atoms with E-state index in [1.54, 1.807) is 7.11 Å². The Morgan fingerprint density at radius 2 is 2.15 bits per heavy atom. The van der Waals surface area contributed by atoms with E-state index in [-0.39, 0.29) is 27.9 Å². The fourth-order valence-corrected chi connectivity index (χ4v) is 6.04. The molecule has 10 nitrogen and oxygen atoms in total. The molecule has 13 heteroatoms. The highest BCUT2D eigenvalue weighted by atomic mass is 32.2. The number of anilines is 1. The molecular formula is C21H25FN4O6S2. The summed E-state index contributed by atoms with van der Waals surface area (Å²) in [4.78, 5) is 22.2. The third-order valence-electron chi connectivity index (χ3n) is 5.51. The average Bonchev–Trinajstić information content (AvgIpc) is 3.58. The number of nitrogens with zero attached hydrogens (tertiary/aromatic N) is 3. The molecule has 0 bridgehead atoms. The molecule has 2 atom stereocenters. The van der Waals surface area contributed by atoms with Crippen molar-refractivity contribution >= 4 is 38.1 Å². The smallest absolute Gasteiger partial charge is 0.280 e. The highest BCUT2D eigenvalue weighted by Gasteiger charge is 2.35. The van der Waals surface area contributed by atoms with E-state index >= 15 is 0 Å². The van der Waals surface area contributed by atoms with Crippen LogP contribution >= 0.6 is 11.3 Å². The molecular weight excluding hydrogens is 487 g/mol. The molecule has 2 saturated heterocycles. The Morgan fingerprint density at radius 1 is 1.35 bits per heavy atom. The molecule has 0 saturated carbocycles. The van der Waals surface area contributed by atoms with Gasteiger partial charge in [-0.1, -0.05) is 28.6 Å². The zero-order chi connectivity index (χ0) is 24.1. The van der Waals surface area contributed by atoms with Gasteiger partial charge in [-0.05, 0) is 25.0 Å². The molecule has 1 amide bonds. The summed E-state index contributed by atoms with van der Waals surface area (Å²) in [6.45, 7) is 1.64. The number of aromatic nitrogens is 1. The van der Waals surface area contributed by atoms with Crippen LogP contribution in [0.25, 0.3) is 0 Å². The van der Waals surface area contributed by atoms with Crippen molar-refractivity contribution in [1.82, 2.24) is 9.29 Å². The van der Waals surface area contributed by atoms with Crippen LogP contribution in [0.2, 0.25) is 0 Å². The van der Waals surface area contributed by atoms with Crippen LogP contribution in [0.15, 0.2) is 40.5 Å². The quantitative estimate of drug-likeness (QED) is 0.404. The SMILES string of the molecule is COC[C@@H]1CCCN1S(=O)(=O)c1ccc(C(=NO[C@@H]2CCOC2)C(=O)Nc2ncc(F)s2)cc1. The van der Waals surface area contributed by atoms with Crippen LogP contribution in [0.5, 0.6) is 0 Å². The topological polar surface area (TPSA) is 119 Å². The number of sulfonamides is 1. The number of hydrogen-bond acceptors (Lipinski definition) is 9. The van der Waals surface area contributed by atoms with E-state index in [1.165, 1.54) is 28.6 Å². The van der Waals surface area contributed by atoms with E-state index in [1.807, 2.05) is 0 Å². The van der Waals surface area contributed by atoms with Gasteiger partial charge in [-0.15, -0.1) is 0 Å². The molecule has 2 fully saturated rings. The number of ether oxygens (including phenoxy) is 2. The number of carbonyl (C=O) groups is 1. The fourth-order valence-electron chi connectivity index (χ4n) is 3.82. The number of benzene rings is 1. The Labute approximate surface area is 200 Å². The Bertz CT molecular complexity index is 1130. The second-order valence-corrected chi connectivity index (χ2v) is 10.7. The minimum Gasteiger partial charge on any atom is -0.389 e. The van der Waals surface area contributed by atoms with Crippen molar-refractivity contribution in [3.8, 4) is 0 Å². The van der Waals surface area contributed by atoms with Crippen LogP contribution in [0.3, 0.4) is 0 Å². The number of methoxy groups -OCH3 is 1. The van der Waals surface area contributed by atoms with Crippen molar-refractivity contribution in [3.05, 3.63) is 41.2 Å². The molecule has 1 aromatic heterocycles. The third kappa shape index (κ3) is 5.61. The monoisotopic (exact) mass is 512 g/mol. The van der Waals surface area contributed by atoms with Crippen molar-refractivity contribution in [2.24, 2.45) is 5.16 Å². The van der Waals surface area contributed by atoms with E-state index in [0.717, 1.165) is 19.0 Å². The first kappa shape index (κ1) is 24.7. The first-order valence-corrected chi connectivity index (χ1v) is 13.0. The lowest BCUT2D eigenvalue weighted by Crippen LogP contribution is -2.38. The first-order valence-electron chi connectivity index (χ1n) is 10.7.